The fraction of sp³-hybridized carbons (Fsp3) is 0.360. The second kappa shape index (κ2) is 8.11. The molecule has 4 rings (SSSR count). The molecule has 0 N–H and O–H groups in total. The van der Waals surface area contributed by atoms with E-state index in [9.17, 15) is 4.79 Å². The minimum absolute atomic E-state index is 0.206. The number of carbonyl (C=O) groups is 1. The van der Waals surface area contributed by atoms with Gasteiger partial charge in [0.1, 0.15) is 5.52 Å². The Morgan fingerprint density at radius 2 is 1.76 bits per heavy atom. The quantitative estimate of drug-likeness (QED) is 0.322. The number of fused-ring (bicyclic) bond motifs is 2. The Morgan fingerprint density at radius 1 is 1.00 bits per heavy atom. The number of hydrogen-bond acceptors (Lipinski definition) is 4. The molecule has 4 heteroatoms. The Kier molecular flexibility index (Phi) is 5.95. The van der Waals surface area contributed by atoms with Crippen molar-refractivity contribution >= 4 is 38.3 Å². The summed E-state index contributed by atoms with van der Waals surface area (Å²) in [5, 5.41) is 3.26. The topological polar surface area (TPSA) is 43.1 Å². The lowest BCUT2D eigenvalue weighted by Crippen LogP contribution is -2.19. The summed E-state index contributed by atoms with van der Waals surface area (Å²) in [6.45, 7) is 12.6. The summed E-state index contributed by atoms with van der Waals surface area (Å²) < 4.78 is 6.45. The fourth-order valence-corrected chi connectivity index (χ4v) is 3.98. The molecule has 2 aromatic heterocycles. The van der Waals surface area contributed by atoms with Crippen LogP contribution < -0.4 is 0 Å². The molecule has 0 aliphatic carbocycles. The van der Waals surface area contributed by atoms with Crippen LogP contribution >= 0.6 is 11.3 Å². The van der Waals surface area contributed by atoms with Gasteiger partial charge in [0.2, 0.25) is 0 Å². The van der Waals surface area contributed by atoms with Crippen LogP contribution in [0.4, 0.5) is 0 Å². The second-order valence-corrected chi connectivity index (χ2v) is 10.6. The van der Waals surface area contributed by atoms with Crippen LogP contribution in [0.1, 0.15) is 57.5 Å². The maximum absolute atomic E-state index is 12.0. The molecule has 0 bridgehead atoms. The highest BCUT2D eigenvalue weighted by Crippen LogP contribution is 2.26. The van der Waals surface area contributed by atoms with E-state index in [0.717, 1.165) is 23.1 Å². The first-order valence-electron chi connectivity index (χ1n) is 9.87. The molecule has 2 heterocycles. The van der Waals surface area contributed by atoms with Gasteiger partial charge in [-0.1, -0.05) is 59.7 Å². The maximum atomic E-state index is 12.0. The van der Waals surface area contributed by atoms with Gasteiger partial charge in [0.05, 0.1) is 0 Å². The summed E-state index contributed by atoms with van der Waals surface area (Å²) in [6.07, 6.45) is 2.55. The molecule has 4 aromatic rings. The summed E-state index contributed by atoms with van der Waals surface area (Å²) in [5.41, 5.74) is 3.95. The zero-order valence-corrected chi connectivity index (χ0v) is 18.9. The molecule has 0 saturated heterocycles. The van der Waals surface area contributed by atoms with Crippen molar-refractivity contribution in [1.82, 2.24) is 4.98 Å². The van der Waals surface area contributed by atoms with Gasteiger partial charge in [-0.15, -0.1) is 11.3 Å². The van der Waals surface area contributed by atoms with Crippen LogP contribution in [0, 0.1) is 10.8 Å². The fourth-order valence-electron chi connectivity index (χ4n) is 3.15. The van der Waals surface area contributed by atoms with Crippen molar-refractivity contribution in [3.8, 4) is 0 Å². The Balaban J connectivity index is 0.000000166. The summed E-state index contributed by atoms with van der Waals surface area (Å²) in [4.78, 5) is 16.1. The number of rotatable bonds is 2. The molecule has 0 aliphatic heterocycles. The van der Waals surface area contributed by atoms with E-state index in [0.29, 0.717) is 5.41 Å². The normalized spacial score (nSPS) is 12.1. The highest BCUT2D eigenvalue weighted by atomic mass is 32.1. The predicted molar refractivity (Wildman–Crippen MR) is 123 cm³/mol. The van der Waals surface area contributed by atoms with E-state index in [1.54, 1.807) is 11.3 Å². The van der Waals surface area contributed by atoms with E-state index < -0.39 is 0 Å². The van der Waals surface area contributed by atoms with Crippen LogP contribution in [0.25, 0.3) is 21.2 Å². The standard InChI is InChI=1S/C13H14OS.C12H15NO/c1-13(2,3)12(14)10-5-4-9-6-7-15-11(9)8-10;1-12(2,3)7-9-4-5-10-11(6-9)14-8-13-10/h4-8H,1-3H3;4-6,8H,7H2,1-3H3. The van der Waals surface area contributed by atoms with Crippen molar-refractivity contribution in [2.24, 2.45) is 10.8 Å². The van der Waals surface area contributed by atoms with Gasteiger partial charge in [0.25, 0.3) is 0 Å². The molecule has 0 saturated carbocycles. The van der Waals surface area contributed by atoms with Crippen molar-refractivity contribution in [3.63, 3.8) is 0 Å². The Labute approximate surface area is 176 Å². The van der Waals surface area contributed by atoms with E-state index in [1.165, 1.54) is 22.0 Å². The van der Waals surface area contributed by atoms with Crippen LogP contribution in [-0.4, -0.2) is 10.8 Å². The molecule has 0 aliphatic rings. The smallest absolute Gasteiger partial charge is 0.181 e. The SMILES string of the molecule is CC(C)(C)C(=O)c1ccc2ccsc2c1.CC(C)(C)Cc1ccc2ncoc2c1. The molecule has 2 aromatic carbocycles. The van der Waals surface area contributed by atoms with Crippen LogP contribution in [0.5, 0.6) is 0 Å². The molecule has 152 valence electrons. The Hall–Kier alpha value is -2.46. The molecule has 3 nitrogen and oxygen atoms in total. The lowest BCUT2D eigenvalue weighted by Gasteiger charge is -2.17. The van der Waals surface area contributed by atoms with Gasteiger partial charge in [-0.2, -0.15) is 0 Å². The molecule has 29 heavy (non-hydrogen) atoms. The highest BCUT2D eigenvalue weighted by Gasteiger charge is 2.22. The third kappa shape index (κ3) is 5.54. The number of ketones is 1. The maximum Gasteiger partial charge on any atom is 0.181 e. The monoisotopic (exact) mass is 407 g/mol. The van der Waals surface area contributed by atoms with E-state index in [-0.39, 0.29) is 11.2 Å². The van der Waals surface area contributed by atoms with Gasteiger partial charge in [-0.05, 0) is 52.4 Å². The Morgan fingerprint density at radius 3 is 2.45 bits per heavy atom. The largest absolute Gasteiger partial charge is 0.443 e. The molecule has 0 spiro atoms. The summed E-state index contributed by atoms with van der Waals surface area (Å²) in [5.74, 6) is 0.206. The van der Waals surface area contributed by atoms with Gasteiger partial charge in [0, 0.05) is 15.7 Å². The molecule has 0 radical (unpaired) electrons. The van der Waals surface area contributed by atoms with Crippen LogP contribution in [0.15, 0.2) is 58.7 Å². The van der Waals surface area contributed by atoms with Crippen molar-refractivity contribution in [2.45, 2.75) is 48.0 Å². The van der Waals surface area contributed by atoms with Crippen LogP contribution in [0.2, 0.25) is 0 Å². The van der Waals surface area contributed by atoms with E-state index in [2.05, 4.69) is 49.3 Å². The van der Waals surface area contributed by atoms with E-state index in [1.807, 2.05) is 45.0 Å². The third-order valence-electron chi connectivity index (χ3n) is 4.53. The highest BCUT2D eigenvalue weighted by molar-refractivity contribution is 7.17. The average Bonchev–Trinajstić information content (AvgIpc) is 3.27. The number of aromatic nitrogens is 1. The number of oxazole rings is 1. The number of Topliss-reactive ketones (excluding diaryl/α,β-unsaturated/α-hetero) is 1. The Bertz CT molecular complexity index is 1120. The average molecular weight is 408 g/mol. The van der Waals surface area contributed by atoms with Crippen molar-refractivity contribution < 1.29 is 9.21 Å². The summed E-state index contributed by atoms with van der Waals surface area (Å²) >= 11 is 1.68. The summed E-state index contributed by atoms with van der Waals surface area (Å²) in [7, 11) is 0. The number of thiophene rings is 1. The minimum Gasteiger partial charge on any atom is -0.443 e. The van der Waals surface area contributed by atoms with Gasteiger partial charge in [-0.25, -0.2) is 4.98 Å². The lowest BCUT2D eigenvalue weighted by molar-refractivity contribution is 0.0858. The lowest BCUT2D eigenvalue weighted by atomic mass is 9.86. The minimum atomic E-state index is -0.301. The molecular formula is C25H29NO2S. The molecule has 0 unspecified atom stereocenters. The van der Waals surface area contributed by atoms with Crippen LogP contribution in [0.3, 0.4) is 0 Å². The van der Waals surface area contributed by atoms with E-state index in [4.69, 9.17) is 4.42 Å². The zero-order valence-electron chi connectivity index (χ0n) is 18.1. The van der Waals surface area contributed by atoms with Crippen molar-refractivity contribution in [3.05, 3.63) is 65.4 Å². The van der Waals surface area contributed by atoms with Crippen molar-refractivity contribution in [1.29, 1.82) is 0 Å². The second-order valence-electron chi connectivity index (χ2n) is 9.64. The first-order chi connectivity index (χ1) is 13.5. The van der Waals surface area contributed by atoms with Gasteiger partial charge in [-0.3, -0.25) is 4.79 Å². The molecule has 0 amide bonds. The predicted octanol–water partition coefficient (Wildman–Crippen LogP) is 7.55. The molecule has 0 fully saturated rings. The number of nitrogens with zero attached hydrogens (tertiary/aromatic N) is 1. The molecule has 0 atom stereocenters. The zero-order chi connectivity index (χ0) is 21.2. The van der Waals surface area contributed by atoms with E-state index >= 15 is 0 Å². The molecular weight excluding hydrogens is 378 g/mol. The first kappa shape index (κ1) is 21.3. The van der Waals surface area contributed by atoms with Gasteiger partial charge in [0.15, 0.2) is 17.8 Å². The van der Waals surface area contributed by atoms with Gasteiger partial charge >= 0.3 is 0 Å². The number of carbonyl (C=O) groups excluding carboxylic acids is 1. The van der Waals surface area contributed by atoms with Gasteiger partial charge < -0.3 is 4.42 Å². The first-order valence-corrected chi connectivity index (χ1v) is 10.8. The summed E-state index contributed by atoms with van der Waals surface area (Å²) in [6, 6.07) is 14.2. The van der Waals surface area contributed by atoms with Crippen LogP contribution in [-0.2, 0) is 6.42 Å². The van der Waals surface area contributed by atoms with Crippen molar-refractivity contribution in [2.75, 3.05) is 0 Å². The third-order valence-corrected chi connectivity index (χ3v) is 5.41. The number of benzene rings is 2. The number of hydrogen-bond donors (Lipinski definition) is 0.